The van der Waals surface area contributed by atoms with Crippen LogP contribution in [0.25, 0.3) is 28.2 Å². The smallest absolute Gasteiger partial charge is 0.116 e. The lowest BCUT2D eigenvalue weighted by Crippen LogP contribution is -2.08. The Morgan fingerprint density at radius 2 is 1.83 bits per heavy atom. The zero-order valence-corrected chi connectivity index (χ0v) is 18.2. The molecule has 158 valence electrons. The fraction of sp³-hybridized carbons (Fsp3) is 0.370. The monoisotopic (exact) mass is 403 g/mol. The third-order valence-corrected chi connectivity index (χ3v) is 5.32. The van der Waals surface area contributed by atoms with Crippen molar-refractivity contribution in [2.24, 2.45) is 0 Å². The number of aromatic hydroxyl groups is 1. The highest BCUT2D eigenvalue weighted by Gasteiger charge is 2.03. The fourth-order valence-electron chi connectivity index (χ4n) is 3.50. The highest BCUT2D eigenvalue weighted by Crippen LogP contribution is 2.24. The number of fused-ring (bicyclic) bond motifs is 1. The van der Waals surface area contributed by atoms with E-state index in [4.69, 9.17) is 9.72 Å². The van der Waals surface area contributed by atoms with E-state index in [0.717, 1.165) is 48.0 Å². The van der Waals surface area contributed by atoms with Crippen LogP contribution in [-0.4, -0.2) is 22.8 Å². The minimum absolute atomic E-state index is 0.266. The SMILES string of the molecule is CCCCCOC(C)CCC/C=C/c1ccc(-c2ccc3cc(O)ccc3n2)cc1. The predicted octanol–water partition coefficient (Wildman–Crippen LogP) is 7.39. The first-order valence-electron chi connectivity index (χ1n) is 11.1. The molecule has 1 N–H and O–H groups in total. The van der Waals surface area contributed by atoms with Gasteiger partial charge in [0.15, 0.2) is 0 Å². The first kappa shape index (κ1) is 22.0. The molecular formula is C27H33NO2. The molecule has 3 heteroatoms. The Labute approximate surface area is 180 Å². The Kier molecular flexibility index (Phi) is 8.46. The number of phenolic OH excluding ortho intramolecular Hbond substituents is 1. The van der Waals surface area contributed by atoms with Crippen LogP contribution in [0, 0.1) is 0 Å². The van der Waals surface area contributed by atoms with E-state index in [1.54, 1.807) is 12.1 Å². The van der Waals surface area contributed by atoms with Crippen molar-refractivity contribution in [1.82, 2.24) is 4.98 Å². The molecule has 0 aliphatic rings. The van der Waals surface area contributed by atoms with Gasteiger partial charge < -0.3 is 9.84 Å². The normalized spacial score (nSPS) is 12.6. The molecule has 0 aliphatic carbocycles. The van der Waals surface area contributed by atoms with Gasteiger partial charge in [-0.1, -0.05) is 62.2 Å². The summed E-state index contributed by atoms with van der Waals surface area (Å²) in [5, 5.41) is 10.5. The molecule has 2 aromatic carbocycles. The number of hydrogen-bond donors (Lipinski definition) is 1. The van der Waals surface area contributed by atoms with Gasteiger partial charge in [0.2, 0.25) is 0 Å². The Balaban J connectivity index is 1.47. The van der Waals surface area contributed by atoms with Crippen LogP contribution in [0.4, 0.5) is 0 Å². The van der Waals surface area contributed by atoms with Crippen molar-refractivity contribution in [3.8, 4) is 17.0 Å². The maximum Gasteiger partial charge on any atom is 0.116 e. The van der Waals surface area contributed by atoms with Gasteiger partial charge in [-0.3, -0.25) is 0 Å². The molecule has 3 aromatic rings. The van der Waals surface area contributed by atoms with Gasteiger partial charge in [-0.2, -0.15) is 0 Å². The summed E-state index contributed by atoms with van der Waals surface area (Å²) in [5.74, 6) is 0.266. The average Bonchev–Trinajstić information content (AvgIpc) is 2.76. The highest BCUT2D eigenvalue weighted by atomic mass is 16.5. The molecule has 3 nitrogen and oxygen atoms in total. The Morgan fingerprint density at radius 3 is 2.63 bits per heavy atom. The molecule has 0 bridgehead atoms. The van der Waals surface area contributed by atoms with Gasteiger partial charge in [0, 0.05) is 17.6 Å². The first-order valence-corrected chi connectivity index (χ1v) is 11.1. The Bertz CT molecular complexity index is 947. The second-order valence-electron chi connectivity index (χ2n) is 7.92. The summed E-state index contributed by atoms with van der Waals surface area (Å²) in [6, 6.07) is 17.7. The highest BCUT2D eigenvalue weighted by molar-refractivity contribution is 5.82. The van der Waals surface area contributed by atoms with Crippen molar-refractivity contribution in [3.63, 3.8) is 0 Å². The quantitative estimate of drug-likeness (QED) is 0.339. The molecule has 1 unspecified atom stereocenters. The van der Waals surface area contributed by atoms with Gasteiger partial charge in [-0.05, 0) is 62.4 Å². The molecule has 0 fully saturated rings. The predicted molar refractivity (Wildman–Crippen MR) is 127 cm³/mol. The first-order chi connectivity index (χ1) is 14.7. The molecule has 30 heavy (non-hydrogen) atoms. The molecule has 0 saturated carbocycles. The van der Waals surface area contributed by atoms with Crippen LogP contribution in [-0.2, 0) is 4.74 Å². The number of rotatable bonds is 11. The minimum atomic E-state index is 0.266. The van der Waals surface area contributed by atoms with Gasteiger partial charge in [0.1, 0.15) is 5.75 Å². The van der Waals surface area contributed by atoms with Crippen molar-refractivity contribution in [1.29, 1.82) is 0 Å². The number of phenols is 1. The Morgan fingerprint density at radius 1 is 1.00 bits per heavy atom. The number of benzene rings is 2. The lowest BCUT2D eigenvalue weighted by Gasteiger charge is -2.12. The number of nitrogens with zero attached hydrogens (tertiary/aromatic N) is 1. The van der Waals surface area contributed by atoms with Crippen molar-refractivity contribution >= 4 is 17.0 Å². The molecule has 3 rings (SSSR count). The van der Waals surface area contributed by atoms with Gasteiger partial charge in [-0.25, -0.2) is 4.98 Å². The van der Waals surface area contributed by atoms with Crippen LogP contribution in [0.15, 0.2) is 60.7 Å². The van der Waals surface area contributed by atoms with E-state index >= 15 is 0 Å². The topological polar surface area (TPSA) is 42.4 Å². The van der Waals surface area contributed by atoms with E-state index in [0.29, 0.717) is 6.10 Å². The van der Waals surface area contributed by atoms with Crippen molar-refractivity contribution in [3.05, 3.63) is 66.2 Å². The van der Waals surface area contributed by atoms with E-state index in [1.165, 1.54) is 24.8 Å². The van der Waals surface area contributed by atoms with Gasteiger partial charge in [0.25, 0.3) is 0 Å². The van der Waals surface area contributed by atoms with E-state index < -0.39 is 0 Å². The van der Waals surface area contributed by atoms with Crippen LogP contribution in [0.2, 0.25) is 0 Å². The second kappa shape index (κ2) is 11.5. The lowest BCUT2D eigenvalue weighted by atomic mass is 10.1. The molecular weight excluding hydrogens is 370 g/mol. The average molecular weight is 404 g/mol. The summed E-state index contributed by atoms with van der Waals surface area (Å²) in [6.45, 7) is 5.29. The zero-order chi connectivity index (χ0) is 21.2. The summed E-state index contributed by atoms with van der Waals surface area (Å²) in [5.41, 5.74) is 4.12. The third-order valence-electron chi connectivity index (χ3n) is 5.32. The third kappa shape index (κ3) is 6.70. The van der Waals surface area contributed by atoms with Crippen molar-refractivity contribution < 1.29 is 9.84 Å². The van der Waals surface area contributed by atoms with Crippen LogP contribution in [0.5, 0.6) is 5.75 Å². The molecule has 1 aromatic heterocycles. The van der Waals surface area contributed by atoms with Crippen molar-refractivity contribution in [2.45, 2.75) is 58.5 Å². The lowest BCUT2D eigenvalue weighted by molar-refractivity contribution is 0.0566. The maximum absolute atomic E-state index is 9.59. The van der Waals surface area contributed by atoms with Crippen LogP contribution in [0.3, 0.4) is 0 Å². The van der Waals surface area contributed by atoms with Crippen LogP contribution in [0.1, 0.15) is 57.9 Å². The summed E-state index contributed by atoms with van der Waals surface area (Å²) in [6.07, 6.45) is 11.8. The number of aromatic nitrogens is 1. The fourth-order valence-corrected chi connectivity index (χ4v) is 3.50. The molecule has 0 spiro atoms. The second-order valence-corrected chi connectivity index (χ2v) is 7.92. The Hall–Kier alpha value is -2.65. The number of ether oxygens (including phenoxy) is 1. The van der Waals surface area contributed by atoms with E-state index in [1.807, 2.05) is 18.2 Å². The van der Waals surface area contributed by atoms with E-state index in [2.05, 4.69) is 50.3 Å². The summed E-state index contributed by atoms with van der Waals surface area (Å²) < 4.78 is 5.85. The zero-order valence-electron chi connectivity index (χ0n) is 18.2. The number of pyridine rings is 1. The number of allylic oxidation sites excluding steroid dienone is 1. The van der Waals surface area contributed by atoms with E-state index in [-0.39, 0.29) is 5.75 Å². The standard InChI is InChI=1S/C27H33NO2/c1-3-4-8-19-30-21(2)9-6-5-7-10-22-11-13-23(14-12-22)26-17-15-24-20-25(29)16-18-27(24)28-26/h7,10-18,20-21,29H,3-6,8-9,19H2,1-2H3/b10-7+. The van der Waals surface area contributed by atoms with Gasteiger partial charge in [-0.15, -0.1) is 0 Å². The number of hydrogen-bond acceptors (Lipinski definition) is 3. The largest absolute Gasteiger partial charge is 0.508 e. The molecule has 0 amide bonds. The molecule has 0 radical (unpaired) electrons. The van der Waals surface area contributed by atoms with Gasteiger partial charge >= 0.3 is 0 Å². The minimum Gasteiger partial charge on any atom is -0.508 e. The summed E-state index contributed by atoms with van der Waals surface area (Å²) in [7, 11) is 0. The van der Waals surface area contributed by atoms with Crippen molar-refractivity contribution in [2.75, 3.05) is 6.61 Å². The van der Waals surface area contributed by atoms with Crippen LogP contribution >= 0.6 is 0 Å². The molecule has 1 heterocycles. The van der Waals surface area contributed by atoms with Gasteiger partial charge in [0.05, 0.1) is 17.3 Å². The molecule has 0 aliphatic heterocycles. The van der Waals surface area contributed by atoms with Crippen LogP contribution < -0.4 is 0 Å². The summed E-state index contributed by atoms with van der Waals surface area (Å²) >= 11 is 0. The maximum atomic E-state index is 9.59. The molecule has 0 saturated heterocycles. The number of unbranched alkanes of at least 4 members (excludes halogenated alkanes) is 3. The molecule has 1 atom stereocenters. The summed E-state index contributed by atoms with van der Waals surface area (Å²) in [4.78, 5) is 4.71. The van der Waals surface area contributed by atoms with E-state index in [9.17, 15) is 5.11 Å².